The van der Waals surface area contributed by atoms with Crippen molar-refractivity contribution in [1.29, 1.82) is 0 Å². The molecule has 0 aliphatic heterocycles. The zero-order valence-electron chi connectivity index (χ0n) is 19.0. The van der Waals surface area contributed by atoms with Crippen molar-refractivity contribution in [2.24, 2.45) is 0 Å². The zero-order chi connectivity index (χ0) is 25.2. The van der Waals surface area contributed by atoms with Crippen molar-refractivity contribution >= 4 is 28.2 Å². The van der Waals surface area contributed by atoms with E-state index in [1.807, 2.05) is 0 Å². The molecule has 1 aliphatic carbocycles. The molecule has 0 aromatic carbocycles. The Morgan fingerprint density at radius 3 is 2.89 bits per heavy atom. The van der Waals surface area contributed by atoms with Gasteiger partial charge in [0.2, 0.25) is 16.0 Å². The van der Waals surface area contributed by atoms with Gasteiger partial charge in [-0.1, -0.05) is 11.3 Å². The number of rotatable bonds is 7. The molecule has 14 heteroatoms. The number of nitrogens with one attached hydrogen (secondary N) is 1. The standard InChI is InChI=1S/C22H21N7O6S/c1-33-14-3-2-7-24-17(14)13-10-15(35-20(32)18(13)34-12-5-4-11(30)9-12)19(31)26-21-27-28-22(36-21)29-16(23)6-8-25-29/h2-3,6-8,10-12,30H,4-5,9,23H2,1H3,(H,26,27,31)/t11-,12+/m0/s1. The van der Waals surface area contributed by atoms with Gasteiger partial charge in [0, 0.05) is 24.8 Å². The zero-order valence-corrected chi connectivity index (χ0v) is 19.8. The fraction of sp³-hybridized carbons (Fsp3) is 0.273. The van der Waals surface area contributed by atoms with E-state index in [2.05, 4.69) is 25.6 Å². The van der Waals surface area contributed by atoms with Gasteiger partial charge < -0.3 is 24.7 Å². The highest BCUT2D eigenvalue weighted by molar-refractivity contribution is 7.17. The summed E-state index contributed by atoms with van der Waals surface area (Å²) in [5.41, 5.74) is 5.47. The number of anilines is 2. The topological polar surface area (TPSA) is 181 Å². The van der Waals surface area contributed by atoms with Gasteiger partial charge in [-0.15, -0.1) is 10.2 Å². The molecule has 4 aromatic rings. The van der Waals surface area contributed by atoms with E-state index in [9.17, 15) is 14.7 Å². The predicted molar refractivity (Wildman–Crippen MR) is 128 cm³/mol. The van der Waals surface area contributed by atoms with E-state index >= 15 is 0 Å². The van der Waals surface area contributed by atoms with Crippen molar-refractivity contribution in [2.45, 2.75) is 31.5 Å². The van der Waals surface area contributed by atoms with Crippen molar-refractivity contribution < 1.29 is 23.8 Å². The first-order chi connectivity index (χ1) is 17.4. The molecule has 1 aliphatic rings. The van der Waals surface area contributed by atoms with E-state index in [0.29, 0.717) is 41.7 Å². The Hall–Kier alpha value is -4.30. The molecule has 0 radical (unpaired) electrons. The lowest BCUT2D eigenvalue weighted by atomic mass is 10.1. The van der Waals surface area contributed by atoms with E-state index in [4.69, 9.17) is 19.6 Å². The number of nitrogen functional groups attached to an aromatic ring is 1. The van der Waals surface area contributed by atoms with E-state index < -0.39 is 17.6 Å². The van der Waals surface area contributed by atoms with Crippen LogP contribution in [0.1, 0.15) is 29.8 Å². The lowest BCUT2D eigenvalue weighted by Gasteiger charge is -2.16. The Balaban J connectivity index is 1.49. The van der Waals surface area contributed by atoms with Crippen molar-refractivity contribution in [3.8, 4) is 27.9 Å². The fourth-order valence-electron chi connectivity index (χ4n) is 3.81. The summed E-state index contributed by atoms with van der Waals surface area (Å²) in [5, 5.41) is 24.8. The summed E-state index contributed by atoms with van der Waals surface area (Å²) in [7, 11) is 1.47. The highest BCUT2D eigenvalue weighted by Crippen LogP contribution is 2.35. The van der Waals surface area contributed by atoms with Gasteiger partial charge in [0.15, 0.2) is 5.76 Å². The molecule has 1 saturated carbocycles. The normalized spacial score (nSPS) is 17.2. The Morgan fingerprint density at radius 2 is 2.17 bits per heavy atom. The quantitative estimate of drug-likeness (QED) is 0.329. The lowest BCUT2D eigenvalue weighted by Crippen LogP contribution is -2.21. The number of aliphatic hydroxyl groups is 1. The molecule has 0 bridgehead atoms. The smallest absolute Gasteiger partial charge is 0.379 e. The number of carbonyl (C=O) groups is 1. The summed E-state index contributed by atoms with van der Waals surface area (Å²) in [4.78, 5) is 30.3. The number of pyridine rings is 1. The van der Waals surface area contributed by atoms with Gasteiger partial charge in [-0.2, -0.15) is 9.78 Å². The highest BCUT2D eigenvalue weighted by Gasteiger charge is 2.29. The summed E-state index contributed by atoms with van der Waals surface area (Å²) in [6, 6.07) is 6.30. The molecule has 4 heterocycles. The predicted octanol–water partition coefficient (Wildman–Crippen LogP) is 1.87. The minimum Gasteiger partial charge on any atom is -0.494 e. The van der Waals surface area contributed by atoms with E-state index in [-0.39, 0.29) is 28.3 Å². The molecule has 5 rings (SSSR count). The molecular weight excluding hydrogens is 490 g/mol. The average Bonchev–Trinajstić information content (AvgIpc) is 3.61. The SMILES string of the molecule is COc1cccnc1-c1cc(C(=O)Nc2nnc(-n3nccc3N)s2)oc(=O)c1O[C@@H]1CC[C@H](O)C1. The second kappa shape index (κ2) is 9.75. The van der Waals surface area contributed by atoms with Crippen LogP contribution in [0.4, 0.5) is 10.9 Å². The van der Waals surface area contributed by atoms with Crippen molar-refractivity contribution in [1.82, 2.24) is 25.0 Å². The molecule has 36 heavy (non-hydrogen) atoms. The summed E-state index contributed by atoms with van der Waals surface area (Å²) >= 11 is 1.03. The molecule has 1 fully saturated rings. The molecule has 2 atom stereocenters. The van der Waals surface area contributed by atoms with Crippen molar-refractivity contribution in [3.63, 3.8) is 0 Å². The van der Waals surface area contributed by atoms with Gasteiger partial charge >= 0.3 is 5.63 Å². The summed E-state index contributed by atoms with van der Waals surface area (Å²) < 4.78 is 18.0. The Kier molecular flexibility index (Phi) is 6.35. The molecule has 0 unspecified atom stereocenters. The third kappa shape index (κ3) is 4.63. The number of nitrogens with zero attached hydrogens (tertiary/aromatic N) is 5. The van der Waals surface area contributed by atoms with Crippen LogP contribution in [0.3, 0.4) is 0 Å². The van der Waals surface area contributed by atoms with Crippen LogP contribution >= 0.6 is 11.3 Å². The van der Waals surface area contributed by atoms with Gasteiger partial charge in [-0.05, 0) is 25.0 Å². The first kappa shape index (κ1) is 23.4. The van der Waals surface area contributed by atoms with Crippen LogP contribution in [-0.4, -0.2) is 55.3 Å². The molecule has 186 valence electrons. The second-order valence-electron chi connectivity index (χ2n) is 7.91. The number of carbonyl (C=O) groups excluding carboxylic acids is 1. The van der Waals surface area contributed by atoms with Gasteiger partial charge in [0.1, 0.15) is 23.4 Å². The van der Waals surface area contributed by atoms with Crippen LogP contribution in [0.15, 0.2) is 45.9 Å². The second-order valence-corrected chi connectivity index (χ2v) is 8.87. The van der Waals surface area contributed by atoms with E-state index in [1.54, 1.807) is 18.2 Å². The maximum Gasteiger partial charge on any atom is 0.379 e. The number of aromatic nitrogens is 5. The van der Waals surface area contributed by atoms with Crippen LogP contribution in [0.2, 0.25) is 0 Å². The Bertz CT molecular complexity index is 1470. The van der Waals surface area contributed by atoms with E-state index in [1.165, 1.54) is 30.3 Å². The Morgan fingerprint density at radius 1 is 1.31 bits per heavy atom. The van der Waals surface area contributed by atoms with E-state index in [0.717, 1.165) is 11.3 Å². The molecule has 1 amide bonds. The number of hydrogen-bond donors (Lipinski definition) is 3. The monoisotopic (exact) mass is 511 g/mol. The molecule has 0 saturated heterocycles. The number of hydrogen-bond acceptors (Lipinski definition) is 12. The third-order valence-electron chi connectivity index (χ3n) is 5.51. The molecule has 13 nitrogen and oxygen atoms in total. The maximum atomic E-state index is 13.0. The third-order valence-corrected chi connectivity index (χ3v) is 6.32. The fourth-order valence-corrected chi connectivity index (χ4v) is 4.53. The molecular formula is C22H21N7O6S. The largest absolute Gasteiger partial charge is 0.494 e. The summed E-state index contributed by atoms with van der Waals surface area (Å²) in [5.74, 6) is -0.417. The van der Waals surface area contributed by atoms with Crippen LogP contribution < -0.4 is 26.1 Å². The first-order valence-corrected chi connectivity index (χ1v) is 11.7. The lowest BCUT2D eigenvalue weighted by molar-refractivity contribution is 0.0990. The van der Waals surface area contributed by atoms with Gasteiger partial charge in [0.25, 0.3) is 5.91 Å². The van der Waals surface area contributed by atoms with Crippen LogP contribution in [0.5, 0.6) is 11.5 Å². The van der Waals surface area contributed by atoms with Crippen LogP contribution in [0, 0.1) is 0 Å². The number of methoxy groups -OCH3 is 1. The first-order valence-electron chi connectivity index (χ1n) is 10.9. The van der Waals surface area contributed by atoms with Crippen LogP contribution in [-0.2, 0) is 0 Å². The highest BCUT2D eigenvalue weighted by atomic mass is 32.1. The molecule has 0 spiro atoms. The Labute approximate surface area is 207 Å². The average molecular weight is 512 g/mol. The van der Waals surface area contributed by atoms with Gasteiger partial charge in [-0.25, -0.2) is 4.79 Å². The number of nitrogens with two attached hydrogens (primary N) is 1. The molecule has 4 aromatic heterocycles. The van der Waals surface area contributed by atoms with Crippen molar-refractivity contribution in [3.05, 3.63) is 52.8 Å². The van der Waals surface area contributed by atoms with Gasteiger partial charge in [-0.3, -0.25) is 15.1 Å². The minimum absolute atomic E-state index is 0.116. The number of amides is 1. The number of ether oxygens (including phenoxy) is 2. The number of aliphatic hydroxyl groups excluding tert-OH is 1. The maximum absolute atomic E-state index is 13.0. The minimum atomic E-state index is -0.867. The van der Waals surface area contributed by atoms with Gasteiger partial charge in [0.05, 0.1) is 25.0 Å². The van der Waals surface area contributed by atoms with Crippen LogP contribution in [0.25, 0.3) is 16.4 Å². The molecule has 4 N–H and O–H groups in total. The summed E-state index contributed by atoms with van der Waals surface area (Å²) in [6.07, 6.45) is 3.65. The summed E-state index contributed by atoms with van der Waals surface area (Å²) in [6.45, 7) is 0. The van der Waals surface area contributed by atoms with Crippen molar-refractivity contribution in [2.75, 3.05) is 18.2 Å².